The summed E-state index contributed by atoms with van der Waals surface area (Å²) in [4.78, 5) is 4.91. The van der Waals surface area contributed by atoms with Crippen molar-refractivity contribution < 1.29 is 9.47 Å². The van der Waals surface area contributed by atoms with Crippen LogP contribution >= 0.6 is 0 Å². The van der Waals surface area contributed by atoms with Gasteiger partial charge >= 0.3 is 0 Å². The van der Waals surface area contributed by atoms with E-state index in [2.05, 4.69) is 50.4 Å². The molecule has 25 heavy (non-hydrogen) atoms. The Labute approximate surface area is 149 Å². The maximum atomic E-state index is 5.47. The molecule has 0 spiro atoms. The van der Waals surface area contributed by atoms with Gasteiger partial charge in [-0.05, 0) is 48.6 Å². The molecule has 4 heteroatoms. The van der Waals surface area contributed by atoms with E-state index in [0.717, 1.165) is 34.8 Å². The van der Waals surface area contributed by atoms with Crippen molar-refractivity contribution in [2.45, 2.75) is 34.1 Å². The Morgan fingerprint density at radius 3 is 2.36 bits per heavy atom. The SMILES string of the molecule is COc1ccc(-c2nc3ccc(C)cn3c2CC(C)(C)C)cc1OC. The molecule has 0 aliphatic carbocycles. The Morgan fingerprint density at radius 2 is 1.72 bits per heavy atom. The first-order valence-corrected chi connectivity index (χ1v) is 8.52. The van der Waals surface area contributed by atoms with Gasteiger partial charge in [0.05, 0.1) is 25.6 Å². The third-order valence-corrected chi connectivity index (χ3v) is 4.22. The number of benzene rings is 1. The Balaban J connectivity index is 2.23. The van der Waals surface area contributed by atoms with Gasteiger partial charge in [0.2, 0.25) is 0 Å². The summed E-state index contributed by atoms with van der Waals surface area (Å²) in [6, 6.07) is 10.2. The van der Waals surface area contributed by atoms with Crippen LogP contribution in [0.1, 0.15) is 32.0 Å². The van der Waals surface area contributed by atoms with Crippen molar-refractivity contribution in [2.75, 3.05) is 14.2 Å². The molecule has 2 aromatic heterocycles. The van der Waals surface area contributed by atoms with Crippen molar-refractivity contribution in [1.29, 1.82) is 0 Å². The van der Waals surface area contributed by atoms with Crippen molar-refractivity contribution in [3.05, 3.63) is 47.8 Å². The molecule has 0 aliphatic heterocycles. The number of rotatable bonds is 4. The lowest BCUT2D eigenvalue weighted by atomic mass is 9.89. The summed E-state index contributed by atoms with van der Waals surface area (Å²) < 4.78 is 13.0. The molecule has 0 saturated carbocycles. The van der Waals surface area contributed by atoms with Crippen LogP contribution in [0.3, 0.4) is 0 Å². The number of aromatic nitrogens is 2. The lowest BCUT2D eigenvalue weighted by molar-refractivity contribution is 0.355. The molecule has 0 bridgehead atoms. The van der Waals surface area contributed by atoms with Crippen LogP contribution in [-0.4, -0.2) is 23.6 Å². The van der Waals surface area contributed by atoms with Crippen molar-refractivity contribution in [3.8, 4) is 22.8 Å². The van der Waals surface area contributed by atoms with Crippen LogP contribution < -0.4 is 9.47 Å². The topological polar surface area (TPSA) is 35.8 Å². The summed E-state index contributed by atoms with van der Waals surface area (Å²) >= 11 is 0. The average molecular weight is 338 g/mol. The van der Waals surface area contributed by atoms with E-state index in [1.54, 1.807) is 14.2 Å². The number of pyridine rings is 1. The van der Waals surface area contributed by atoms with Gasteiger partial charge in [-0.2, -0.15) is 0 Å². The summed E-state index contributed by atoms with van der Waals surface area (Å²) in [5.41, 5.74) is 5.61. The molecular weight excluding hydrogens is 312 g/mol. The molecule has 132 valence electrons. The zero-order valence-corrected chi connectivity index (χ0v) is 15.9. The largest absolute Gasteiger partial charge is 0.493 e. The van der Waals surface area contributed by atoms with Crippen molar-refractivity contribution in [2.24, 2.45) is 5.41 Å². The van der Waals surface area contributed by atoms with Gasteiger partial charge in [0.15, 0.2) is 11.5 Å². The van der Waals surface area contributed by atoms with Gasteiger partial charge in [-0.15, -0.1) is 0 Å². The third-order valence-electron chi connectivity index (χ3n) is 4.22. The molecule has 3 rings (SSSR count). The summed E-state index contributed by atoms with van der Waals surface area (Å²) in [7, 11) is 3.31. The van der Waals surface area contributed by atoms with Gasteiger partial charge < -0.3 is 13.9 Å². The zero-order chi connectivity index (χ0) is 18.2. The van der Waals surface area contributed by atoms with Gasteiger partial charge in [-0.3, -0.25) is 0 Å². The van der Waals surface area contributed by atoms with E-state index in [1.165, 1.54) is 11.3 Å². The Morgan fingerprint density at radius 1 is 1.00 bits per heavy atom. The monoisotopic (exact) mass is 338 g/mol. The fourth-order valence-corrected chi connectivity index (χ4v) is 3.09. The summed E-state index contributed by atoms with van der Waals surface area (Å²) in [6.45, 7) is 8.86. The highest BCUT2D eigenvalue weighted by atomic mass is 16.5. The van der Waals surface area contributed by atoms with Crippen molar-refractivity contribution in [3.63, 3.8) is 0 Å². The quantitative estimate of drug-likeness (QED) is 0.678. The van der Waals surface area contributed by atoms with E-state index in [9.17, 15) is 0 Å². The van der Waals surface area contributed by atoms with E-state index in [1.807, 2.05) is 18.2 Å². The number of nitrogens with zero attached hydrogens (tertiary/aromatic N) is 2. The van der Waals surface area contributed by atoms with Crippen LogP contribution in [-0.2, 0) is 6.42 Å². The van der Waals surface area contributed by atoms with Crippen LogP contribution in [0, 0.1) is 12.3 Å². The molecule has 1 aromatic carbocycles. The first-order valence-electron chi connectivity index (χ1n) is 8.52. The summed E-state index contributed by atoms with van der Waals surface area (Å²) in [5, 5.41) is 0. The van der Waals surface area contributed by atoms with Crippen molar-refractivity contribution >= 4 is 5.65 Å². The molecular formula is C21H26N2O2. The number of imidazole rings is 1. The van der Waals surface area contributed by atoms with Gasteiger partial charge in [0, 0.05) is 11.8 Å². The molecule has 0 amide bonds. The van der Waals surface area contributed by atoms with Crippen molar-refractivity contribution in [1.82, 2.24) is 9.38 Å². The van der Waals surface area contributed by atoms with E-state index in [-0.39, 0.29) is 5.41 Å². The van der Waals surface area contributed by atoms with Crippen LogP contribution in [0.5, 0.6) is 11.5 Å². The molecule has 0 N–H and O–H groups in total. The van der Waals surface area contributed by atoms with Gasteiger partial charge in [0.25, 0.3) is 0 Å². The second kappa shape index (κ2) is 6.43. The Kier molecular flexibility index (Phi) is 4.46. The smallest absolute Gasteiger partial charge is 0.161 e. The number of fused-ring (bicyclic) bond motifs is 1. The molecule has 0 unspecified atom stereocenters. The predicted molar refractivity (Wildman–Crippen MR) is 102 cm³/mol. The average Bonchev–Trinajstić information content (AvgIpc) is 2.90. The second-order valence-corrected chi connectivity index (χ2v) is 7.65. The third kappa shape index (κ3) is 3.48. The molecule has 3 aromatic rings. The Bertz CT molecular complexity index is 904. The Hall–Kier alpha value is -2.49. The van der Waals surface area contributed by atoms with Crippen LogP contribution in [0.15, 0.2) is 36.5 Å². The lowest BCUT2D eigenvalue weighted by Gasteiger charge is -2.19. The predicted octanol–water partition coefficient (Wildman–Crippen LogP) is 4.92. The molecule has 0 radical (unpaired) electrons. The highest BCUT2D eigenvalue weighted by molar-refractivity contribution is 5.69. The van der Waals surface area contributed by atoms with E-state index in [0.29, 0.717) is 0 Å². The number of hydrogen-bond acceptors (Lipinski definition) is 3. The molecule has 2 heterocycles. The molecule has 0 aliphatic rings. The first-order chi connectivity index (χ1) is 11.8. The number of ether oxygens (including phenoxy) is 2. The van der Waals surface area contributed by atoms with Crippen LogP contribution in [0.2, 0.25) is 0 Å². The molecule has 4 nitrogen and oxygen atoms in total. The van der Waals surface area contributed by atoms with Crippen LogP contribution in [0.4, 0.5) is 0 Å². The number of aryl methyl sites for hydroxylation is 1. The summed E-state index contributed by atoms with van der Waals surface area (Å²) in [5.74, 6) is 1.44. The van der Waals surface area contributed by atoms with E-state index < -0.39 is 0 Å². The maximum absolute atomic E-state index is 5.47. The highest BCUT2D eigenvalue weighted by Gasteiger charge is 2.21. The number of hydrogen-bond donors (Lipinski definition) is 0. The van der Waals surface area contributed by atoms with Gasteiger partial charge in [-0.1, -0.05) is 26.8 Å². The maximum Gasteiger partial charge on any atom is 0.161 e. The standard InChI is InChI=1S/C21H26N2O2/c1-14-7-10-19-22-20(16(23(19)13-14)12-21(2,3)4)15-8-9-17(24-5)18(11-15)25-6/h7-11,13H,12H2,1-6H3. The van der Waals surface area contributed by atoms with Crippen LogP contribution in [0.25, 0.3) is 16.9 Å². The second-order valence-electron chi connectivity index (χ2n) is 7.65. The fourth-order valence-electron chi connectivity index (χ4n) is 3.09. The zero-order valence-electron chi connectivity index (χ0n) is 15.9. The van der Waals surface area contributed by atoms with Gasteiger partial charge in [-0.25, -0.2) is 4.98 Å². The molecule has 0 atom stereocenters. The minimum atomic E-state index is 0.158. The van der Waals surface area contributed by atoms with E-state index >= 15 is 0 Å². The number of methoxy groups -OCH3 is 2. The molecule has 0 saturated heterocycles. The minimum absolute atomic E-state index is 0.158. The lowest BCUT2D eigenvalue weighted by Crippen LogP contribution is -2.12. The molecule has 0 fully saturated rings. The van der Waals surface area contributed by atoms with Gasteiger partial charge in [0.1, 0.15) is 5.65 Å². The minimum Gasteiger partial charge on any atom is -0.493 e. The normalized spacial score (nSPS) is 11.8. The fraction of sp³-hybridized carbons (Fsp3) is 0.381. The summed E-state index contributed by atoms with van der Waals surface area (Å²) in [6.07, 6.45) is 3.09. The highest BCUT2D eigenvalue weighted by Crippen LogP contribution is 2.35. The first kappa shape index (κ1) is 17.3. The van der Waals surface area contributed by atoms with E-state index in [4.69, 9.17) is 14.5 Å².